The highest BCUT2D eigenvalue weighted by molar-refractivity contribution is 9.10. The monoisotopic (exact) mass is 388 g/mol. The Morgan fingerprint density at radius 1 is 1.11 bits per heavy atom. The highest BCUT2D eigenvalue weighted by atomic mass is 79.9. The minimum atomic E-state index is -1.12. The Hall–Kier alpha value is -1.40. The first-order valence-electron chi connectivity index (χ1n) is 5.13. The van der Waals surface area contributed by atoms with Gasteiger partial charge >= 0.3 is 5.97 Å². The van der Waals surface area contributed by atoms with Gasteiger partial charge in [0.15, 0.2) is 0 Å². The van der Waals surface area contributed by atoms with Crippen molar-refractivity contribution in [1.29, 1.82) is 0 Å². The van der Waals surface area contributed by atoms with Crippen molar-refractivity contribution >= 4 is 37.8 Å². The molecule has 0 radical (unpaired) electrons. The Labute approximate surface area is 125 Å². The van der Waals surface area contributed by atoms with Gasteiger partial charge in [-0.05, 0) is 46.3 Å². The zero-order valence-electron chi connectivity index (χ0n) is 9.36. The molecule has 0 spiro atoms. The van der Waals surface area contributed by atoms with Gasteiger partial charge in [0.05, 0.1) is 4.47 Å². The van der Waals surface area contributed by atoms with Crippen LogP contribution in [-0.2, 0) is 0 Å². The van der Waals surface area contributed by atoms with Crippen molar-refractivity contribution in [2.24, 2.45) is 0 Å². The first-order chi connectivity index (χ1) is 8.97. The molecule has 0 aliphatic carbocycles. The van der Waals surface area contributed by atoms with Crippen molar-refractivity contribution in [3.63, 3.8) is 0 Å². The molecule has 0 saturated heterocycles. The third-order valence-electron chi connectivity index (χ3n) is 2.29. The van der Waals surface area contributed by atoms with Gasteiger partial charge in [0, 0.05) is 10.5 Å². The van der Waals surface area contributed by atoms with Crippen LogP contribution in [0.4, 0.5) is 4.39 Å². The van der Waals surface area contributed by atoms with Crippen LogP contribution in [0.25, 0.3) is 0 Å². The smallest absolute Gasteiger partial charge is 0.339 e. The summed E-state index contributed by atoms with van der Waals surface area (Å²) in [5.41, 5.74) is -0.00876. The number of halogens is 3. The van der Waals surface area contributed by atoms with Crippen LogP contribution in [0.15, 0.2) is 45.3 Å². The number of aromatic carboxylic acids is 1. The second-order valence-electron chi connectivity index (χ2n) is 3.62. The van der Waals surface area contributed by atoms with Gasteiger partial charge < -0.3 is 9.84 Å². The summed E-state index contributed by atoms with van der Waals surface area (Å²) in [5.74, 6) is -1.23. The molecular weight excluding hydrogens is 383 g/mol. The molecule has 0 bridgehead atoms. The number of hydrogen-bond donors (Lipinski definition) is 1. The number of hydrogen-bond acceptors (Lipinski definition) is 2. The normalized spacial score (nSPS) is 10.3. The maximum atomic E-state index is 13.1. The highest BCUT2D eigenvalue weighted by Crippen LogP contribution is 2.33. The number of rotatable bonds is 3. The van der Waals surface area contributed by atoms with Crippen molar-refractivity contribution in [1.82, 2.24) is 0 Å². The highest BCUT2D eigenvalue weighted by Gasteiger charge is 2.14. The maximum absolute atomic E-state index is 13.1. The first kappa shape index (κ1) is 14.0. The Balaban J connectivity index is 2.43. The molecule has 0 saturated carbocycles. The summed E-state index contributed by atoms with van der Waals surface area (Å²) >= 11 is 6.40. The average Bonchev–Trinajstić information content (AvgIpc) is 2.35. The number of carbonyl (C=O) groups is 1. The molecular formula is C13H7Br2FO3. The quantitative estimate of drug-likeness (QED) is 0.816. The van der Waals surface area contributed by atoms with Crippen LogP contribution in [0, 0.1) is 5.82 Å². The fraction of sp³-hybridized carbons (Fsp3) is 0. The summed E-state index contributed by atoms with van der Waals surface area (Å²) in [4.78, 5) is 11.1. The van der Waals surface area contributed by atoms with Gasteiger partial charge in [0.2, 0.25) is 0 Å². The Morgan fingerprint density at radius 2 is 1.84 bits per heavy atom. The zero-order valence-corrected chi connectivity index (χ0v) is 12.5. The van der Waals surface area contributed by atoms with E-state index in [9.17, 15) is 9.18 Å². The number of ether oxygens (including phenoxy) is 1. The largest absolute Gasteiger partial charge is 0.478 e. The van der Waals surface area contributed by atoms with Crippen molar-refractivity contribution in [3.8, 4) is 11.5 Å². The summed E-state index contributed by atoms with van der Waals surface area (Å²) < 4.78 is 19.8. The van der Waals surface area contributed by atoms with Crippen LogP contribution in [0.1, 0.15) is 10.4 Å². The molecule has 2 rings (SSSR count). The van der Waals surface area contributed by atoms with Crippen molar-refractivity contribution in [2.75, 3.05) is 0 Å². The van der Waals surface area contributed by atoms with Crippen LogP contribution in [0.2, 0.25) is 0 Å². The molecule has 0 heterocycles. The standard InChI is InChI=1S/C13H7Br2FO3/c14-7-1-4-11(9(5-7)13(17)18)19-12-6-8(16)2-3-10(12)15/h1-6H,(H,17,18). The summed E-state index contributed by atoms with van der Waals surface area (Å²) in [6, 6.07) is 8.52. The van der Waals surface area contributed by atoms with Crippen LogP contribution in [0.5, 0.6) is 11.5 Å². The second kappa shape index (κ2) is 5.71. The molecule has 0 amide bonds. The van der Waals surface area contributed by atoms with E-state index >= 15 is 0 Å². The van der Waals surface area contributed by atoms with Gasteiger partial charge in [-0.15, -0.1) is 0 Å². The van der Waals surface area contributed by atoms with Crippen molar-refractivity contribution in [2.45, 2.75) is 0 Å². The van der Waals surface area contributed by atoms with Crippen molar-refractivity contribution < 1.29 is 19.0 Å². The maximum Gasteiger partial charge on any atom is 0.339 e. The number of benzene rings is 2. The van der Waals surface area contributed by atoms with Crippen LogP contribution in [0.3, 0.4) is 0 Å². The molecule has 2 aromatic carbocycles. The molecule has 0 aliphatic rings. The van der Waals surface area contributed by atoms with Gasteiger partial charge in [0.1, 0.15) is 22.9 Å². The van der Waals surface area contributed by atoms with E-state index in [-0.39, 0.29) is 17.1 Å². The van der Waals surface area contributed by atoms with Crippen LogP contribution >= 0.6 is 31.9 Å². The molecule has 19 heavy (non-hydrogen) atoms. The molecule has 3 nitrogen and oxygen atoms in total. The molecule has 2 aromatic rings. The molecule has 0 atom stereocenters. The minimum Gasteiger partial charge on any atom is -0.478 e. The Morgan fingerprint density at radius 3 is 2.53 bits per heavy atom. The van der Waals surface area contributed by atoms with Gasteiger partial charge in [-0.1, -0.05) is 15.9 Å². The average molecular weight is 390 g/mol. The predicted octanol–water partition coefficient (Wildman–Crippen LogP) is 4.84. The Kier molecular flexibility index (Phi) is 4.21. The molecule has 0 fully saturated rings. The summed E-state index contributed by atoms with van der Waals surface area (Å²) in [7, 11) is 0. The fourth-order valence-corrected chi connectivity index (χ4v) is 2.12. The lowest BCUT2D eigenvalue weighted by Gasteiger charge is -2.10. The second-order valence-corrected chi connectivity index (χ2v) is 5.39. The van der Waals surface area contributed by atoms with E-state index in [4.69, 9.17) is 9.84 Å². The fourth-order valence-electron chi connectivity index (χ4n) is 1.43. The molecule has 0 unspecified atom stereocenters. The topological polar surface area (TPSA) is 46.5 Å². The predicted molar refractivity (Wildman–Crippen MR) is 75.3 cm³/mol. The molecule has 98 valence electrons. The summed E-state index contributed by atoms with van der Waals surface area (Å²) in [6.45, 7) is 0. The molecule has 6 heteroatoms. The lowest BCUT2D eigenvalue weighted by atomic mass is 10.2. The molecule has 0 aromatic heterocycles. The SMILES string of the molecule is O=C(O)c1cc(Br)ccc1Oc1cc(F)ccc1Br. The third-order valence-corrected chi connectivity index (χ3v) is 3.43. The lowest BCUT2D eigenvalue weighted by molar-refractivity contribution is 0.0694. The van der Waals surface area contributed by atoms with Gasteiger partial charge in [-0.25, -0.2) is 9.18 Å². The lowest BCUT2D eigenvalue weighted by Crippen LogP contribution is -2.00. The zero-order chi connectivity index (χ0) is 14.0. The number of carboxylic acids is 1. The first-order valence-corrected chi connectivity index (χ1v) is 6.71. The molecule has 0 aliphatic heterocycles. The molecule has 1 N–H and O–H groups in total. The van der Waals surface area contributed by atoms with E-state index in [1.54, 1.807) is 6.07 Å². The van der Waals surface area contributed by atoms with Crippen molar-refractivity contribution in [3.05, 3.63) is 56.7 Å². The van der Waals surface area contributed by atoms with Gasteiger partial charge in [-0.3, -0.25) is 0 Å². The van der Waals surface area contributed by atoms with E-state index < -0.39 is 11.8 Å². The third kappa shape index (κ3) is 3.33. The van der Waals surface area contributed by atoms with E-state index in [2.05, 4.69) is 31.9 Å². The van der Waals surface area contributed by atoms with E-state index in [1.807, 2.05) is 0 Å². The van der Waals surface area contributed by atoms with E-state index in [1.165, 1.54) is 30.3 Å². The van der Waals surface area contributed by atoms with Gasteiger partial charge in [0.25, 0.3) is 0 Å². The van der Waals surface area contributed by atoms with Gasteiger partial charge in [-0.2, -0.15) is 0 Å². The Bertz CT molecular complexity index is 644. The number of carboxylic acid groups (broad SMARTS) is 1. The van der Waals surface area contributed by atoms with Crippen LogP contribution < -0.4 is 4.74 Å². The summed E-state index contributed by atoms with van der Waals surface area (Å²) in [5, 5.41) is 9.11. The van der Waals surface area contributed by atoms with E-state index in [0.717, 1.165) is 0 Å². The van der Waals surface area contributed by atoms with E-state index in [0.29, 0.717) is 8.95 Å². The summed E-state index contributed by atoms with van der Waals surface area (Å²) in [6.07, 6.45) is 0. The van der Waals surface area contributed by atoms with Crippen LogP contribution in [-0.4, -0.2) is 11.1 Å². The minimum absolute atomic E-state index is 0.00876.